The number of hydrogen-bond acceptors (Lipinski definition) is 6. The van der Waals surface area contributed by atoms with E-state index in [1.165, 1.54) is 0 Å². The Morgan fingerprint density at radius 3 is 2.51 bits per heavy atom. The Morgan fingerprint density at radius 2 is 1.85 bits per heavy atom. The maximum atomic E-state index is 16.4. The number of benzene rings is 3. The number of nitrogen functional groups attached to an aromatic ring is 1. The predicted molar refractivity (Wildman–Crippen MR) is 182 cm³/mol. The summed E-state index contributed by atoms with van der Waals surface area (Å²) in [5.74, 6) is -1.58. The van der Waals surface area contributed by atoms with Crippen molar-refractivity contribution in [1.29, 1.82) is 0 Å². The van der Waals surface area contributed by atoms with Gasteiger partial charge in [-0.1, -0.05) is 37.3 Å². The summed E-state index contributed by atoms with van der Waals surface area (Å²) >= 11 is 0. The molecule has 0 bridgehead atoms. The molecule has 47 heavy (non-hydrogen) atoms. The topological polar surface area (TPSA) is 125 Å². The molecule has 3 aromatic rings. The van der Waals surface area contributed by atoms with Crippen LogP contribution in [0.3, 0.4) is 0 Å². The molecule has 4 N–H and O–H groups in total. The highest BCUT2D eigenvalue weighted by Crippen LogP contribution is 2.60. The number of carbonyl (C=O) groups excluding carboxylic acids is 3. The average molecular weight is 657 g/mol. The predicted octanol–water partition coefficient (Wildman–Crippen LogP) is 5.16. The van der Waals surface area contributed by atoms with E-state index in [0.29, 0.717) is 41.2 Å². The fourth-order valence-electron chi connectivity index (χ4n) is 7.81. The van der Waals surface area contributed by atoms with Crippen molar-refractivity contribution in [2.75, 3.05) is 29.1 Å². The van der Waals surface area contributed by atoms with Gasteiger partial charge in [-0.3, -0.25) is 14.4 Å². The van der Waals surface area contributed by atoms with Crippen LogP contribution in [0.25, 0.3) is 0 Å². The number of nitrogens with two attached hydrogens (primary N) is 1. The van der Waals surface area contributed by atoms with Gasteiger partial charge in [0.25, 0.3) is 11.8 Å². The van der Waals surface area contributed by atoms with Gasteiger partial charge in [0.2, 0.25) is 14.3 Å². The Kier molecular flexibility index (Phi) is 8.58. The van der Waals surface area contributed by atoms with Gasteiger partial charge < -0.3 is 34.8 Å². The smallest absolute Gasteiger partial charge is 0.264 e. The van der Waals surface area contributed by atoms with Crippen LogP contribution in [0.15, 0.2) is 79.4 Å². The van der Waals surface area contributed by atoms with Crippen LogP contribution in [0.1, 0.15) is 40.4 Å². The van der Waals surface area contributed by atoms with Gasteiger partial charge in [0, 0.05) is 47.1 Å². The summed E-state index contributed by atoms with van der Waals surface area (Å²) in [5, 5.41) is 13.1. The lowest BCUT2D eigenvalue weighted by molar-refractivity contribution is -0.150. The van der Waals surface area contributed by atoms with Crippen molar-refractivity contribution in [3.8, 4) is 0 Å². The van der Waals surface area contributed by atoms with Crippen molar-refractivity contribution in [2.24, 2.45) is 5.92 Å². The van der Waals surface area contributed by atoms with Gasteiger partial charge in [0.05, 0.1) is 30.9 Å². The first kappa shape index (κ1) is 32.6. The minimum Gasteiger partial charge on any atom is -0.399 e. The van der Waals surface area contributed by atoms with Crippen LogP contribution in [0.2, 0.25) is 18.6 Å². The summed E-state index contributed by atoms with van der Waals surface area (Å²) in [5.41, 5.74) is 8.11. The molecule has 1 fully saturated rings. The molecule has 1 saturated heterocycles. The van der Waals surface area contributed by atoms with Gasteiger partial charge in [-0.05, 0) is 73.1 Å². The second kappa shape index (κ2) is 12.4. The SMILES string of the molecule is C=CCN1C(=O)[C@@]2(O[C@@H](CC(=O)N3Cc4ccccc4C[C@H]3CO)[C@H]([Si](C)(C)F)[C@H]2C)c2cc(NC(=O)c3ccc(N)cc3)ccc21. The van der Waals surface area contributed by atoms with Gasteiger partial charge in [0.1, 0.15) is 0 Å². The van der Waals surface area contributed by atoms with Gasteiger partial charge in [-0.2, -0.15) is 0 Å². The molecule has 3 heterocycles. The third-order valence-electron chi connectivity index (χ3n) is 9.97. The average Bonchev–Trinajstić information content (AvgIpc) is 3.46. The molecule has 9 nitrogen and oxygen atoms in total. The lowest BCUT2D eigenvalue weighted by Gasteiger charge is -2.37. The third-order valence-corrected chi connectivity index (χ3v) is 12.4. The van der Waals surface area contributed by atoms with Gasteiger partial charge in [-0.25, -0.2) is 0 Å². The van der Waals surface area contributed by atoms with Crippen LogP contribution < -0.4 is 16.0 Å². The fourth-order valence-corrected chi connectivity index (χ4v) is 10.3. The first-order chi connectivity index (χ1) is 22.4. The van der Waals surface area contributed by atoms with E-state index in [0.717, 1.165) is 11.1 Å². The number of aliphatic hydroxyl groups is 1. The first-order valence-corrected chi connectivity index (χ1v) is 18.9. The summed E-state index contributed by atoms with van der Waals surface area (Å²) in [4.78, 5) is 44.8. The fraction of sp³-hybridized carbons (Fsp3) is 0.361. The molecule has 3 aliphatic rings. The number of anilines is 3. The molecular formula is C36H41FN4O5Si. The molecule has 0 radical (unpaired) electrons. The number of nitrogens with one attached hydrogen (secondary N) is 1. The Hall–Kier alpha value is -4.32. The highest BCUT2D eigenvalue weighted by molar-refractivity contribution is 6.72. The van der Waals surface area contributed by atoms with E-state index in [1.54, 1.807) is 71.4 Å². The summed E-state index contributed by atoms with van der Waals surface area (Å²) < 4.78 is 23.1. The molecule has 11 heteroatoms. The maximum Gasteiger partial charge on any atom is 0.264 e. The summed E-state index contributed by atoms with van der Waals surface area (Å²) in [6.45, 7) is 9.18. The number of carbonyl (C=O) groups is 3. The zero-order chi connectivity index (χ0) is 33.7. The van der Waals surface area contributed by atoms with Crippen LogP contribution in [0.4, 0.5) is 21.2 Å². The lowest BCUT2D eigenvalue weighted by Crippen LogP contribution is -2.48. The molecule has 6 rings (SSSR count). The zero-order valence-electron chi connectivity index (χ0n) is 26.9. The van der Waals surface area contributed by atoms with Gasteiger partial charge >= 0.3 is 0 Å². The molecule has 0 aromatic heterocycles. The Labute approximate surface area is 275 Å². The minimum atomic E-state index is -3.54. The highest BCUT2D eigenvalue weighted by atomic mass is 28.4. The van der Waals surface area contributed by atoms with Crippen LogP contribution in [-0.4, -0.2) is 61.4 Å². The number of rotatable bonds is 8. The zero-order valence-corrected chi connectivity index (χ0v) is 27.9. The van der Waals surface area contributed by atoms with E-state index in [-0.39, 0.29) is 37.3 Å². The standard InChI is InChI=1S/C36H41FN4O5Si/c1-5-16-40-30-15-14-27(39-34(44)23-10-12-26(38)13-11-23)18-29(30)36(35(40)45)22(2)33(47(3,4)37)31(46-36)19-32(43)41-20-25-9-7-6-8-24(25)17-28(41)21-42/h5-15,18,22,28,31,33,42H,1,16-17,19-21,38H2,2-4H3,(H,39,44)/t22-,28+,31+,33-,36+/m1/s1. The van der Waals surface area contributed by atoms with Crippen molar-refractivity contribution in [3.05, 3.63) is 102 Å². The second-order valence-electron chi connectivity index (χ2n) is 13.3. The number of fused-ring (bicyclic) bond motifs is 3. The molecule has 3 aromatic carbocycles. The highest BCUT2D eigenvalue weighted by Gasteiger charge is 2.67. The van der Waals surface area contributed by atoms with Crippen LogP contribution >= 0.6 is 0 Å². The van der Waals surface area contributed by atoms with Crippen molar-refractivity contribution in [1.82, 2.24) is 4.90 Å². The summed E-state index contributed by atoms with van der Waals surface area (Å²) in [6.07, 6.45) is 1.12. The van der Waals surface area contributed by atoms with Gasteiger partial charge in [-0.15, -0.1) is 6.58 Å². The van der Waals surface area contributed by atoms with Crippen LogP contribution in [0.5, 0.6) is 0 Å². The molecule has 0 unspecified atom stereocenters. The number of ether oxygens (including phenoxy) is 1. The molecule has 5 atom stereocenters. The van der Waals surface area contributed by atoms with E-state index in [9.17, 15) is 19.5 Å². The molecule has 246 valence electrons. The van der Waals surface area contributed by atoms with Crippen LogP contribution in [0, 0.1) is 5.92 Å². The van der Waals surface area contributed by atoms with Crippen molar-refractivity contribution < 1.29 is 28.3 Å². The number of hydrogen-bond donors (Lipinski definition) is 3. The maximum absolute atomic E-state index is 16.4. The lowest BCUT2D eigenvalue weighted by atomic mass is 9.82. The molecular weight excluding hydrogens is 616 g/mol. The monoisotopic (exact) mass is 656 g/mol. The van der Waals surface area contributed by atoms with Crippen molar-refractivity contribution in [3.63, 3.8) is 0 Å². The number of nitrogens with zero attached hydrogens (tertiary/aromatic N) is 2. The summed E-state index contributed by atoms with van der Waals surface area (Å²) in [7, 11) is -3.54. The molecule has 3 aliphatic heterocycles. The first-order valence-electron chi connectivity index (χ1n) is 16.0. The Bertz CT molecular complexity index is 1730. The second-order valence-corrected chi connectivity index (χ2v) is 17.1. The van der Waals surface area contributed by atoms with Crippen molar-refractivity contribution >= 4 is 43.2 Å². The number of amides is 3. The molecule has 3 amide bonds. The van der Waals surface area contributed by atoms with E-state index in [4.69, 9.17) is 10.5 Å². The van der Waals surface area contributed by atoms with Gasteiger partial charge in [0.15, 0.2) is 5.60 Å². The molecule has 1 spiro atoms. The Morgan fingerprint density at radius 1 is 1.15 bits per heavy atom. The van der Waals surface area contributed by atoms with E-state index in [2.05, 4.69) is 11.9 Å². The Balaban J connectivity index is 1.35. The normalized spacial score (nSPS) is 25.1. The van der Waals surface area contributed by atoms with E-state index < -0.39 is 37.6 Å². The summed E-state index contributed by atoms with van der Waals surface area (Å²) in [6, 6.07) is 19.1. The van der Waals surface area contributed by atoms with Crippen molar-refractivity contribution in [2.45, 2.75) is 62.7 Å². The van der Waals surface area contributed by atoms with E-state index >= 15 is 4.11 Å². The molecule has 0 saturated carbocycles. The minimum absolute atomic E-state index is 0.132. The van der Waals surface area contributed by atoms with E-state index in [1.807, 2.05) is 31.2 Å². The largest absolute Gasteiger partial charge is 0.399 e. The molecule has 0 aliphatic carbocycles. The third kappa shape index (κ3) is 5.66. The quantitative estimate of drug-likeness (QED) is 0.133. The van der Waals surface area contributed by atoms with Crippen LogP contribution in [-0.2, 0) is 32.9 Å². The number of halogens is 1. The number of aliphatic hydroxyl groups excluding tert-OH is 1.